The van der Waals surface area contributed by atoms with E-state index < -0.39 is 0 Å². The quantitative estimate of drug-likeness (QED) is 0.786. The maximum Gasteiger partial charge on any atom is 0.231 e. The van der Waals surface area contributed by atoms with Crippen LogP contribution in [0.15, 0.2) is 67.0 Å². The molecule has 1 aliphatic carbocycles. The lowest BCUT2D eigenvalue weighted by atomic mass is 9.95. The Morgan fingerprint density at radius 3 is 2.38 bits per heavy atom. The van der Waals surface area contributed by atoms with Crippen LogP contribution in [-0.2, 0) is 16.8 Å². The molecular formula is C19H18N4O. The summed E-state index contributed by atoms with van der Waals surface area (Å²) in [5, 5.41) is 11.1. The molecule has 0 bridgehead atoms. The van der Waals surface area contributed by atoms with Crippen LogP contribution >= 0.6 is 0 Å². The minimum absolute atomic E-state index is 0.0660. The second kappa shape index (κ2) is 5.92. The standard InChI is InChI=1S/C19H18N4O/c24-18(19(11-12-19)15-7-3-1-4-8-15)20-13-17-22-21-14-23(17)16-9-5-2-6-10-16/h1-10,14H,11-13H2,(H,20,24). The fraction of sp³-hybridized carbons (Fsp3) is 0.211. The van der Waals surface area contributed by atoms with Gasteiger partial charge in [0.1, 0.15) is 6.33 Å². The molecule has 0 spiro atoms. The minimum Gasteiger partial charge on any atom is -0.348 e. The van der Waals surface area contributed by atoms with Gasteiger partial charge < -0.3 is 5.32 Å². The van der Waals surface area contributed by atoms with Crippen molar-refractivity contribution in [1.82, 2.24) is 20.1 Å². The summed E-state index contributed by atoms with van der Waals surface area (Å²) in [5.74, 6) is 0.787. The molecule has 5 heteroatoms. The predicted molar refractivity (Wildman–Crippen MR) is 90.6 cm³/mol. The van der Waals surface area contributed by atoms with E-state index in [4.69, 9.17) is 0 Å². The number of rotatable bonds is 5. The van der Waals surface area contributed by atoms with Crippen molar-refractivity contribution in [2.45, 2.75) is 24.8 Å². The first kappa shape index (κ1) is 14.6. The molecule has 24 heavy (non-hydrogen) atoms. The molecule has 0 saturated heterocycles. The van der Waals surface area contributed by atoms with Gasteiger partial charge in [-0.15, -0.1) is 10.2 Å². The first-order chi connectivity index (χ1) is 11.8. The number of benzene rings is 2. The summed E-state index contributed by atoms with van der Waals surface area (Å²) in [5.41, 5.74) is 1.71. The third kappa shape index (κ3) is 2.58. The maximum atomic E-state index is 12.7. The molecule has 120 valence electrons. The fourth-order valence-electron chi connectivity index (χ4n) is 3.04. The lowest BCUT2D eigenvalue weighted by Gasteiger charge is -2.15. The molecule has 1 N–H and O–H groups in total. The van der Waals surface area contributed by atoms with E-state index in [1.165, 1.54) is 0 Å². The maximum absolute atomic E-state index is 12.7. The van der Waals surface area contributed by atoms with Crippen molar-refractivity contribution in [3.8, 4) is 5.69 Å². The summed E-state index contributed by atoms with van der Waals surface area (Å²) in [6, 6.07) is 19.9. The minimum atomic E-state index is -0.362. The topological polar surface area (TPSA) is 59.8 Å². The Bertz CT molecular complexity index is 838. The lowest BCUT2D eigenvalue weighted by molar-refractivity contribution is -0.123. The number of nitrogens with one attached hydrogen (secondary N) is 1. The SMILES string of the molecule is O=C(NCc1nncn1-c1ccccc1)C1(c2ccccc2)CC1. The van der Waals surface area contributed by atoms with E-state index in [-0.39, 0.29) is 11.3 Å². The highest BCUT2D eigenvalue weighted by molar-refractivity contribution is 5.91. The normalized spacial score (nSPS) is 15.0. The fourth-order valence-corrected chi connectivity index (χ4v) is 3.04. The van der Waals surface area contributed by atoms with Crippen LogP contribution in [0.4, 0.5) is 0 Å². The second-order valence-electron chi connectivity index (χ2n) is 6.08. The van der Waals surface area contributed by atoms with E-state index in [0.29, 0.717) is 6.54 Å². The van der Waals surface area contributed by atoms with E-state index >= 15 is 0 Å². The van der Waals surface area contributed by atoms with Gasteiger partial charge >= 0.3 is 0 Å². The summed E-state index contributed by atoms with van der Waals surface area (Å²) >= 11 is 0. The van der Waals surface area contributed by atoms with Crippen molar-refractivity contribution in [3.05, 3.63) is 78.4 Å². The van der Waals surface area contributed by atoms with E-state index in [0.717, 1.165) is 29.9 Å². The van der Waals surface area contributed by atoms with E-state index in [1.54, 1.807) is 6.33 Å². The number of carbonyl (C=O) groups excluding carboxylic acids is 1. The van der Waals surface area contributed by atoms with Crippen LogP contribution in [0, 0.1) is 0 Å². The van der Waals surface area contributed by atoms with Gasteiger partial charge in [0.15, 0.2) is 5.82 Å². The molecule has 2 aromatic carbocycles. The first-order valence-electron chi connectivity index (χ1n) is 8.08. The Kier molecular flexibility index (Phi) is 3.61. The number of nitrogens with zero attached hydrogens (tertiary/aromatic N) is 3. The van der Waals surface area contributed by atoms with Crippen molar-refractivity contribution in [2.24, 2.45) is 0 Å². The largest absolute Gasteiger partial charge is 0.348 e. The number of hydrogen-bond donors (Lipinski definition) is 1. The van der Waals surface area contributed by atoms with E-state index in [9.17, 15) is 4.79 Å². The van der Waals surface area contributed by atoms with Gasteiger partial charge in [0.05, 0.1) is 12.0 Å². The summed E-state index contributed by atoms with van der Waals surface area (Å²) in [6.45, 7) is 0.363. The average molecular weight is 318 g/mol. The molecule has 3 aromatic rings. The van der Waals surface area contributed by atoms with Crippen molar-refractivity contribution in [1.29, 1.82) is 0 Å². The number of carbonyl (C=O) groups is 1. The highest BCUT2D eigenvalue weighted by Crippen LogP contribution is 2.48. The number of hydrogen-bond acceptors (Lipinski definition) is 3. The highest BCUT2D eigenvalue weighted by atomic mass is 16.2. The third-order valence-electron chi connectivity index (χ3n) is 4.57. The van der Waals surface area contributed by atoms with Crippen LogP contribution < -0.4 is 5.32 Å². The van der Waals surface area contributed by atoms with E-state index in [1.807, 2.05) is 65.2 Å². The smallest absolute Gasteiger partial charge is 0.231 e. The van der Waals surface area contributed by atoms with Gasteiger partial charge in [-0.2, -0.15) is 0 Å². The molecule has 0 radical (unpaired) electrons. The Balaban J connectivity index is 1.49. The van der Waals surface area contributed by atoms with Gasteiger partial charge in [-0.05, 0) is 30.5 Å². The Morgan fingerprint density at radius 1 is 1.04 bits per heavy atom. The molecule has 4 rings (SSSR count). The highest BCUT2D eigenvalue weighted by Gasteiger charge is 2.51. The van der Waals surface area contributed by atoms with Gasteiger partial charge in [-0.25, -0.2) is 0 Å². The number of aromatic nitrogens is 3. The molecule has 0 aliphatic heterocycles. The summed E-state index contributed by atoms with van der Waals surface area (Å²) in [6.07, 6.45) is 3.46. The van der Waals surface area contributed by atoms with Crippen molar-refractivity contribution in [2.75, 3.05) is 0 Å². The van der Waals surface area contributed by atoms with Gasteiger partial charge in [0.2, 0.25) is 5.91 Å². The van der Waals surface area contributed by atoms with Crippen LogP contribution in [0.25, 0.3) is 5.69 Å². The number of amides is 1. The van der Waals surface area contributed by atoms with Crippen molar-refractivity contribution >= 4 is 5.91 Å². The molecule has 5 nitrogen and oxygen atoms in total. The first-order valence-corrected chi connectivity index (χ1v) is 8.08. The molecule has 1 aliphatic rings. The molecule has 1 aromatic heterocycles. The molecule has 0 unspecified atom stereocenters. The summed E-state index contributed by atoms with van der Waals surface area (Å²) in [7, 11) is 0. The van der Waals surface area contributed by atoms with Crippen LogP contribution in [0.2, 0.25) is 0 Å². The Labute approximate surface area is 140 Å². The molecule has 1 amide bonds. The molecule has 0 atom stereocenters. The van der Waals surface area contributed by atoms with Crippen LogP contribution in [0.3, 0.4) is 0 Å². The predicted octanol–water partition coefficient (Wildman–Crippen LogP) is 2.62. The Morgan fingerprint density at radius 2 is 1.71 bits per heavy atom. The molecule has 1 fully saturated rings. The molecular weight excluding hydrogens is 300 g/mol. The second-order valence-corrected chi connectivity index (χ2v) is 6.08. The van der Waals surface area contributed by atoms with Gasteiger partial charge in [-0.1, -0.05) is 48.5 Å². The zero-order chi connectivity index (χ0) is 16.4. The van der Waals surface area contributed by atoms with Crippen LogP contribution in [0.5, 0.6) is 0 Å². The zero-order valence-corrected chi connectivity index (χ0v) is 13.2. The number of para-hydroxylation sites is 1. The van der Waals surface area contributed by atoms with Gasteiger partial charge in [-0.3, -0.25) is 9.36 Å². The summed E-state index contributed by atoms with van der Waals surface area (Å²) in [4.78, 5) is 12.7. The van der Waals surface area contributed by atoms with Crippen molar-refractivity contribution in [3.63, 3.8) is 0 Å². The van der Waals surface area contributed by atoms with Crippen LogP contribution in [-0.4, -0.2) is 20.7 Å². The van der Waals surface area contributed by atoms with Crippen LogP contribution in [0.1, 0.15) is 24.2 Å². The van der Waals surface area contributed by atoms with Gasteiger partial charge in [0, 0.05) is 5.69 Å². The van der Waals surface area contributed by atoms with Gasteiger partial charge in [0.25, 0.3) is 0 Å². The van der Waals surface area contributed by atoms with Crippen molar-refractivity contribution < 1.29 is 4.79 Å². The monoisotopic (exact) mass is 318 g/mol. The lowest BCUT2D eigenvalue weighted by Crippen LogP contribution is -2.34. The third-order valence-corrected chi connectivity index (χ3v) is 4.57. The average Bonchev–Trinajstić information content (AvgIpc) is 3.33. The molecule has 1 saturated carbocycles. The summed E-state index contributed by atoms with van der Waals surface area (Å²) < 4.78 is 1.89. The van der Waals surface area contributed by atoms with E-state index in [2.05, 4.69) is 15.5 Å². The Hall–Kier alpha value is -2.95. The zero-order valence-electron chi connectivity index (χ0n) is 13.2. The molecule has 1 heterocycles.